The van der Waals surface area contributed by atoms with E-state index >= 15 is 0 Å². The first-order valence-corrected chi connectivity index (χ1v) is 4.27. The van der Waals surface area contributed by atoms with Gasteiger partial charge in [-0.05, 0) is 12.5 Å². The highest BCUT2D eigenvalue weighted by Crippen LogP contribution is 2.20. The maximum absolute atomic E-state index is 11.1. The molecule has 1 unspecified atom stereocenters. The quantitative estimate of drug-likeness (QED) is 0.546. The van der Waals surface area contributed by atoms with Gasteiger partial charge in [0.05, 0.1) is 4.92 Å². The van der Waals surface area contributed by atoms with Gasteiger partial charge in [0, 0.05) is 18.1 Å². The van der Waals surface area contributed by atoms with E-state index < -0.39 is 4.92 Å². The monoisotopic (exact) mass is 193 g/mol. The number of nitrogens with zero attached hydrogens (tertiary/aromatic N) is 1. The molecule has 0 aromatic heterocycles. The predicted octanol–water partition coefficient (Wildman–Crippen LogP) is 2.29. The Kier molecular flexibility index (Phi) is 2.96. The zero-order valence-electron chi connectivity index (χ0n) is 8.06. The minimum Gasteiger partial charge on any atom is -0.299 e. The van der Waals surface area contributed by atoms with Crippen molar-refractivity contribution in [1.82, 2.24) is 0 Å². The van der Waals surface area contributed by atoms with Crippen molar-refractivity contribution in [1.29, 1.82) is 0 Å². The van der Waals surface area contributed by atoms with Gasteiger partial charge in [-0.15, -0.1) is 0 Å². The topological polar surface area (TPSA) is 60.2 Å². The molecule has 4 heteroatoms. The van der Waals surface area contributed by atoms with Crippen LogP contribution < -0.4 is 0 Å². The summed E-state index contributed by atoms with van der Waals surface area (Å²) in [6, 6.07) is 6.16. The number of carbonyl (C=O) groups is 1. The molecule has 0 N–H and O–H groups in total. The smallest absolute Gasteiger partial charge is 0.269 e. The van der Waals surface area contributed by atoms with Gasteiger partial charge in [0.25, 0.3) is 5.69 Å². The molecule has 14 heavy (non-hydrogen) atoms. The number of ketones is 1. The first kappa shape index (κ1) is 10.4. The molecule has 0 amide bonds. The van der Waals surface area contributed by atoms with E-state index in [0.29, 0.717) is 5.56 Å². The van der Waals surface area contributed by atoms with Crippen LogP contribution in [0.3, 0.4) is 0 Å². The molecule has 1 atom stereocenters. The van der Waals surface area contributed by atoms with Gasteiger partial charge in [0.2, 0.25) is 0 Å². The SMILES string of the molecule is CC(=O)C(C)c1cccc([N+](=O)[O-])c1. The molecule has 0 saturated heterocycles. The van der Waals surface area contributed by atoms with Gasteiger partial charge >= 0.3 is 0 Å². The number of hydrogen-bond donors (Lipinski definition) is 0. The van der Waals surface area contributed by atoms with Crippen molar-refractivity contribution < 1.29 is 9.72 Å². The lowest BCUT2D eigenvalue weighted by atomic mass is 9.97. The van der Waals surface area contributed by atoms with Gasteiger partial charge in [0.15, 0.2) is 0 Å². The third kappa shape index (κ3) is 2.16. The predicted molar refractivity (Wildman–Crippen MR) is 52.2 cm³/mol. The molecule has 4 nitrogen and oxygen atoms in total. The fourth-order valence-corrected chi connectivity index (χ4v) is 1.14. The van der Waals surface area contributed by atoms with E-state index in [-0.39, 0.29) is 17.4 Å². The van der Waals surface area contributed by atoms with Gasteiger partial charge in [-0.1, -0.05) is 19.1 Å². The molecule has 1 rings (SSSR count). The molecule has 0 bridgehead atoms. The van der Waals surface area contributed by atoms with Crippen LogP contribution in [0.1, 0.15) is 25.3 Å². The summed E-state index contributed by atoms with van der Waals surface area (Å²) < 4.78 is 0. The van der Waals surface area contributed by atoms with Gasteiger partial charge < -0.3 is 0 Å². The molecular formula is C10H11NO3. The molecular weight excluding hydrogens is 182 g/mol. The average molecular weight is 193 g/mol. The number of rotatable bonds is 3. The van der Waals surface area contributed by atoms with Crippen LogP contribution in [0.25, 0.3) is 0 Å². The van der Waals surface area contributed by atoms with Crippen LogP contribution in [0.15, 0.2) is 24.3 Å². The van der Waals surface area contributed by atoms with E-state index in [1.807, 2.05) is 0 Å². The second kappa shape index (κ2) is 4.00. The van der Waals surface area contributed by atoms with Crippen molar-refractivity contribution in [2.24, 2.45) is 0 Å². The number of Topliss-reactive ketones (excluding diaryl/α,β-unsaturated/α-hetero) is 1. The highest BCUT2D eigenvalue weighted by atomic mass is 16.6. The summed E-state index contributed by atoms with van der Waals surface area (Å²) in [5.41, 5.74) is 0.710. The molecule has 0 heterocycles. The Hall–Kier alpha value is -1.71. The Labute approximate surface area is 81.7 Å². The zero-order valence-corrected chi connectivity index (χ0v) is 8.06. The summed E-state index contributed by atoms with van der Waals surface area (Å²) in [6.45, 7) is 3.21. The first-order valence-electron chi connectivity index (χ1n) is 4.27. The summed E-state index contributed by atoms with van der Waals surface area (Å²) in [6.07, 6.45) is 0. The lowest BCUT2D eigenvalue weighted by Gasteiger charge is -2.06. The Bertz CT molecular complexity index is 373. The van der Waals surface area contributed by atoms with Crippen LogP contribution in [0.4, 0.5) is 5.69 Å². The first-order chi connectivity index (χ1) is 6.52. The minimum atomic E-state index is -0.462. The van der Waals surface area contributed by atoms with Crippen molar-refractivity contribution >= 4 is 11.5 Å². The highest BCUT2D eigenvalue weighted by molar-refractivity contribution is 5.83. The van der Waals surface area contributed by atoms with E-state index in [2.05, 4.69) is 0 Å². The third-order valence-corrected chi connectivity index (χ3v) is 2.19. The van der Waals surface area contributed by atoms with Crippen molar-refractivity contribution in [3.8, 4) is 0 Å². The summed E-state index contributed by atoms with van der Waals surface area (Å²) in [4.78, 5) is 21.1. The van der Waals surface area contributed by atoms with Crippen molar-refractivity contribution in [3.63, 3.8) is 0 Å². The zero-order chi connectivity index (χ0) is 10.7. The largest absolute Gasteiger partial charge is 0.299 e. The summed E-state index contributed by atoms with van der Waals surface area (Å²) >= 11 is 0. The summed E-state index contributed by atoms with van der Waals surface area (Å²) in [7, 11) is 0. The molecule has 0 fully saturated rings. The molecule has 1 aromatic rings. The van der Waals surface area contributed by atoms with Crippen LogP contribution >= 0.6 is 0 Å². The highest BCUT2D eigenvalue weighted by Gasteiger charge is 2.13. The second-order valence-corrected chi connectivity index (χ2v) is 3.18. The van der Waals surface area contributed by atoms with E-state index in [1.54, 1.807) is 19.1 Å². The Morgan fingerprint density at radius 2 is 2.14 bits per heavy atom. The number of nitro benzene ring substituents is 1. The lowest BCUT2D eigenvalue weighted by Crippen LogP contribution is -2.04. The number of carbonyl (C=O) groups excluding carboxylic acids is 1. The molecule has 74 valence electrons. The molecule has 0 aliphatic rings. The van der Waals surface area contributed by atoms with Gasteiger partial charge in [-0.2, -0.15) is 0 Å². The summed E-state index contributed by atoms with van der Waals surface area (Å²) in [5, 5.41) is 10.5. The number of benzene rings is 1. The normalized spacial score (nSPS) is 12.1. The van der Waals surface area contributed by atoms with Crippen LogP contribution in [-0.2, 0) is 4.79 Å². The molecule has 1 aromatic carbocycles. The van der Waals surface area contributed by atoms with Crippen LogP contribution in [0.5, 0.6) is 0 Å². The van der Waals surface area contributed by atoms with Crippen LogP contribution in [0, 0.1) is 10.1 Å². The van der Waals surface area contributed by atoms with E-state index in [9.17, 15) is 14.9 Å². The maximum atomic E-state index is 11.1. The van der Waals surface area contributed by atoms with Crippen LogP contribution in [-0.4, -0.2) is 10.7 Å². The maximum Gasteiger partial charge on any atom is 0.269 e. The van der Waals surface area contributed by atoms with Gasteiger partial charge in [0.1, 0.15) is 5.78 Å². The Morgan fingerprint density at radius 3 is 2.64 bits per heavy atom. The number of nitro groups is 1. The van der Waals surface area contributed by atoms with E-state index in [4.69, 9.17) is 0 Å². The summed E-state index contributed by atoms with van der Waals surface area (Å²) in [5.74, 6) is -0.277. The molecule has 0 aliphatic heterocycles. The fourth-order valence-electron chi connectivity index (χ4n) is 1.14. The fraction of sp³-hybridized carbons (Fsp3) is 0.300. The Morgan fingerprint density at radius 1 is 1.50 bits per heavy atom. The minimum absolute atomic E-state index is 0.00509. The Balaban J connectivity index is 3.05. The molecule has 0 saturated carbocycles. The van der Waals surface area contributed by atoms with Gasteiger partial charge in [-0.3, -0.25) is 14.9 Å². The van der Waals surface area contributed by atoms with Crippen molar-refractivity contribution in [3.05, 3.63) is 39.9 Å². The van der Waals surface area contributed by atoms with Crippen LogP contribution in [0.2, 0.25) is 0 Å². The second-order valence-electron chi connectivity index (χ2n) is 3.18. The average Bonchev–Trinajstić information content (AvgIpc) is 2.16. The standard InChI is InChI=1S/C10H11NO3/c1-7(8(2)12)9-4-3-5-10(6-9)11(13)14/h3-7H,1-2H3. The van der Waals surface area contributed by atoms with E-state index in [0.717, 1.165) is 0 Å². The number of non-ortho nitro benzene ring substituents is 1. The third-order valence-electron chi connectivity index (χ3n) is 2.19. The van der Waals surface area contributed by atoms with Crippen molar-refractivity contribution in [2.45, 2.75) is 19.8 Å². The number of hydrogen-bond acceptors (Lipinski definition) is 3. The molecule has 0 spiro atoms. The van der Waals surface area contributed by atoms with Gasteiger partial charge in [-0.25, -0.2) is 0 Å². The van der Waals surface area contributed by atoms with Crippen molar-refractivity contribution in [2.75, 3.05) is 0 Å². The van der Waals surface area contributed by atoms with E-state index in [1.165, 1.54) is 19.1 Å². The molecule has 0 radical (unpaired) electrons. The lowest BCUT2D eigenvalue weighted by molar-refractivity contribution is -0.384. The molecule has 0 aliphatic carbocycles.